The number of hydrogen-bond donors (Lipinski definition) is 1. The van der Waals surface area contributed by atoms with Crippen LogP contribution in [0.15, 0.2) is 0 Å². The van der Waals surface area contributed by atoms with E-state index in [-0.39, 0.29) is 0 Å². The van der Waals surface area contributed by atoms with Crippen molar-refractivity contribution in [3.63, 3.8) is 0 Å². The van der Waals surface area contributed by atoms with Crippen LogP contribution in [0.5, 0.6) is 0 Å². The van der Waals surface area contributed by atoms with Crippen molar-refractivity contribution in [2.45, 2.75) is 27.7 Å². The van der Waals surface area contributed by atoms with Gasteiger partial charge in [0.1, 0.15) is 0 Å². The highest BCUT2D eigenvalue weighted by Gasteiger charge is 2.11. The van der Waals surface area contributed by atoms with Gasteiger partial charge in [0.2, 0.25) is 0 Å². The molecule has 0 aromatic heterocycles. The average Bonchev–Trinajstić information content (AvgIpc) is 2.13. The second kappa shape index (κ2) is 3.21. The number of benzene rings is 1. The van der Waals surface area contributed by atoms with Gasteiger partial charge in [-0.15, -0.1) is 0 Å². The Hall–Kier alpha value is -1.31. The van der Waals surface area contributed by atoms with Crippen LogP contribution in [0, 0.1) is 27.7 Å². The van der Waals surface area contributed by atoms with Crippen molar-refractivity contribution < 1.29 is 4.79 Å². The molecule has 70 valence electrons. The van der Waals surface area contributed by atoms with Gasteiger partial charge in [0.05, 0.1) is 0 Å². The molecule has 1 rings (SSSR count). The average molecular weight is 177 g/mol. The van der Waals surface area contributed by atoms with Crippen LogP contribution in [-0.2, 0) is 0 Å². The lowest BCUT2D eigenvalue weighted by Gasteiger charge is -2.14. The molecule has 0 aliphatic rings. The minimum Gasteiger partial charge on any atom is -0.398 e. The van der Waals surface area contributed by atoms with E-state index in [0.29, 0.717) is 0 Å². The summed E-state index contributed by atoms with van der Waals surface area (Å²) in [6, 6.07) is 0. The van der Waals surface area contributed by atoms with E-state index in [9.17, 15) is 4.79 Å². The fraction of sp³-hybridized carbons (Fsp3) is 0.364. The van der Waals surface area contributed by atoms with Gasteiger partial charge in [0.15, 0.2) is 6.29 Å². The Morgan fingerprint density at radius 2 is 1.31 bits per heavy atom. The van der Waals surface area contributed by atoms with Gasteiger partial charge in [0.25, 0.3) is 0 Å². The summed E-state index contributed by atoms with van der Waals surface area (Å²) in [5, 5.41) is 0. The molecule has 2 nitrogen and oxygen atoms in total. The standard InChI is InChI=1S/C11H15NO/c1-6-8(3)11(12)9(4)7(2)10(6)5-13/h5H,12H2,1-4H3. The lowest BCUT2D eigenvalue weighted by atomic mass is 9.93. The van der Waals surface area contributed by atoms with Crippen molar-refractivity contribution >= 4 is 12.0 Å². The van der Waals surface area contributed by atoms with E-state index in [0.717, 1.165) is 39.8 Å². The first kappa shape index (κ1) is 9.78. The van der Waals surface area contributed by atoms with Gasteiger partial charge in [0, 0.05) is 11.3 Å². The summed E-state index contributed by atoms with van der Waals surface area (Å²) >= 11 is 0. The molecule has 1 aromatic rings. The topological polar surface area (TPSA) is 43.1 Å². The highest BCUT2D eigenvalue weighted by Crippen LogP contribution is 2.26. The van der Waals surface area contributed by atoms with Gasteiger partial charge in [-0.1, -0.05) is 0 Å². The first-order valence-corrected chi connectivity index (χ1v) is 4.31. The van der Waals surface area contributed by atoms with Crippen LogP contribution in [0.1, 0.15) is 32.6 Å². The number of hydrogen-bond acceptors (Lipinski definition) is 2. The van der Waals surface area contributed by atoms with Gasteiger partial charge in [-0.2, -0.15) is 0 Å². The Bertz CT molecular complexity index is 338. The van der Waals surface area contributed by atoms with E-state index < -0.39 is 0 Å². The molecule has 0 aliphatic heterocycles. The molecule has 0 spiro atoms. The van der Waals surface area contributed by atoms with Crippen molar-refractivity contribution in [3.8, 4) is 0 Å². The Morgan fingerprint density at radius 3 is 1.62 bits per heavy atom. The van der Waals surface area contributed by atoms with Crippen LogP contribution in [0.2, 0.25) is 0 Å². The third-order valence-corrected chi connectivity index (χ3v) is 2.86. The van der Waals surface area contributed by atoms with Gasteiger partial charge in [-0.3, -0.25) is 4.79 Å². The van der Waals surface area contributed by atoms with Gasteiger partial charge in [-0.25, -0.2) is 0 Å². The molecule has 0 amide bonds. The minimum atomic E-state index is 0.782. The zero-order valence-electron chi connectivity index (χ0n) is 8.56. The van der Waals surface area contributed by atoms with Crippen LogP contribution in [0.3, 0.4) is 0 Å². The van der Waals surface area contributed by atoms with E-state index in [1.54, 1.807) is 0 Å². The van der Waals surface area contributed by atoms with Crippen LogP contribution in [0.4, 0.5) is 5.69 Å². The molecule has 13 heavy (non-hydrogen) atoms. The lowest BCUT2D eigenvalue weighted by Crippen LogP contribution is -2.03. The summed E-state index contributed by atoms with van der Waals surface area (Å²) in [4.78, 5) is 10.8. The molecule has 2 N–H and O–H groups in total. The van der Waals surface area contributed by atoms with Crippen molar-refractivity contribution in [2.24, 2.45) is 0 Å². The molecule has 1 aromatic carbocycles. The van der Waals surface area contributed by atoms with Crippen LogP contribution in [0.25, 0.3) is 0 Å². The van der Waals surface area contributed by atoms with E-state index in [4.69, 9.17) is 5.73 Å². The van der Waals surface area contributed by atoms with Crippen LogP contribution in [-0.4, -0.2) is 6.29 Å². The molecule has 0 fully saturated rings. The molecule has 0 saturated heterocycles. The SMILES string of the molecule is Cc1c(C)c(C=O)c(C)c(C)c1N. The number of rotatable bonds is 1. The zero-order valence-corrected chi connectivity index (χ0v) is 8.56. The molecular weight excluding hydrogens is 162 g/mol. The summed E-state index contributed by atoms with van der Waals surface area (Å²) in [6.45, 7) is 7.76. The number of anilines is 1. The summed E-state index contributed by atoms with van der Waals surface area (Å²) in [7, 11) is 0. The summed E-state index contributed by atoms with van der Waals surface area (Å²) in [5.41, 5.74) is 11.5. The van der Waals surface area contributed by atoms with Crippen LogP contribution < -0.4 is 5.73 Å². The maximum atomic E-state index is 10.8. The maximum Gasteiger partial charge on any atom is 0.150 e. The van der Waals surface area contributed by atoms with Crippen molar-refractivity contribution in [3.05, 3.63) is 27.8 Å². The fourth-order valence-corrected chi connectivity index (χ4v) is 1.55. The number of carbonyl (C=O) groups excluding carboxylic acids is 1. The Balaban J connectivity index is 3.66. The first-order valence-electron chi connectivity index (χ1n) is 4.31. The zero-order chi connectivity index (χ0) is 10.2. The third-order valence-electron chi connectivity index (χ3n) is 2.86. The highest BCUT2D eigenvalue weighted by molar-refractivity contribution is 5.83. The van der Waals surface area contributed by atoms with Gasteiger partial charge >= 0.3 is 0 Å². The smallest absolute Gasteiger partial charge is 0.150 e. The van der Waals surface area contributed by atoms with Crippen molar-refractivity contribution in [1.82, 2.24) is 0 Å². The summed E-state index contributed by atoms with van der Waals surface area (Å²) in [6.07, 6.45) is 0.907. The fourth-order valence-electron chi connectivity index (χ4n) is 1.55. The molecular formula is C11H15NO. The molecule has 0 bridgehead atoms. The van der Waals surface area contributed by atoms with E-state index in [1.807, 2.05) is 27.7 Å². The lowest BCUT2D eigenvalue weighted by molar-refractivity contribution is 0.112. The number of carbonyl (C=O) groups is 1. The predicted octanol–water partition coefficient (Wildman–Crippen LogP) is 2.31. The highest BCUT2D eigenvalue weighted by atomic mass is 16.1. The normalized spacial score (nSPS) is 10.2. The summed E-state index contributed by atoms with van der Waals surface area (Å²) in [5.74, 6) is 0. The molecule has 2 heteroatoms. The largest absolute Gasteiger partial charge is 0.398 e. The Labute approximate surface area is 78.8 Å². The number of aldehydes is 1. The Morgan fingerprint density at radius 1 is 0.923 bits per heavy atom. The second-order valence-corrected chi connectivity index (χ2v) is 3.45. The predicted molar refractivity (Wildman–Crippen MR) is 55.2 cm³/mol. The molecule has 0 saturated carbocycles. The molecule has 0 atom stereocenters. The quantitative estimate of drug-likeness (QED) is 0.528. The van der Waals surface area contributed by atoms with Crippen molar-refractivity contribution in [1.29, 1.82) is 0 Å². The third kappa shape index (κ3) is 1.32. The first-order chi connectivity index (χ1) is 6.00. The number of nitrogens with two attached hydrogens (primary N) is 1. The van der Waals surface area contributed by atoms with Gasteiger partial charge in [-0.05, 0) is 49.9 Å². The van der Waals surface area contributed by atoms with Crippen molar-refractivity contribution in [2.75, 3.05) is 5.73 Å². The monoisotopic (exact) mass is 177 g/mol. The molecule has 0 radical (unpaired) electrons. The second-order valence-electron chi connectivity index (χ2n) is 3.45. The van der Waals surface area contributed by atoms with Crippen LogP contribution >= 0.6 is 0 Å². The van der Waals surface area contributed by atoms with Gasteiger partial charge < -0.3 is 5.73 Å². The van der Waals surface area contributed by atoms with E-state index >= 15 is 0 Å². The molecule has 0 heterocycles. The molecule has 0 aliphatic carbocycles. The Kier molecular flexibility index (Phi) is 2.41. The van der Waals surface area contributed by atoms with E-state index in [2.05, 4.69) is 0 Å². The molecule has 0 unspecified atom stereocenters. The van der Waals surface area contributed by atoms with E-state index in [1.165, 1.54) is 0 Å². The summed E-state index contributed by atoms with van der Waals surface area (Å²) < 4.78 is 0. The minimum absolute atomic E-state index is 0.782. The number of nitrogen functional groups attached to an aromatic ring is 1. The maximum absolute atomic E-state index is 10.8.